The van der Waals surface area contributed by atoms with E-state index in [-0.39, 0.29) is 17.8 Å². The number of halogens is 1. The Morgan fingerprint density at radius 1 is 1.33 bits per heavy atom. The van der Waals surface area contributed by atoms with Gasteiger partial charge in [-0.2, -0.15) is 0 Å². The summed E-state index contributed by atoms with van der Waals surface area (Å²) in [5.74, 6) is 0. The van der Waals surface area contributed by atoms with Crippen LogP contribution in [0.2, 0.25) is 0 Å². The molecule has 3 nitrogen and oxygen atoms in total. The second-order valence-electron chi connectivity index (χ2n) is 1.46. The van der Waals surface area contributed by atoms with Crippen molar-refractivity contribution < 1.29 is 17.8 Å². The van der Waals surface area contributed by atoms with Crippen molar-refractivity contribution in [2.24, 2.45) is 5.73 Å². The van der Waals surface area contributed by atoms with Crippen molar-refractivity contribution in [3.8, 4) is 0 Å². The van der Waals surface area contributed by atoms with Crippen LogP contribution in [-0.2, 0) is 17.8 Å². The number of nitrogens with one attached hydrogen (secondary N) is 2. The molecule has 0 saturated heterocycles. The van der Waals surface area contributed by atoms with Gasteiger partial charge in [0.15, 0.2) is 0 Å². The summed E-state index contributed by atoms with van der Waals surface area (Å²) in [4.78, 5) is 0. The third kappa shape index (κ3) is 8.86. The average molecular weight is 333 g/mol. The average Bonchev–Trinajstić information content (AvgIpc) is 1.89. The Bertz CT molecular complexity index is 49.1. The van der Waals surface area contributed by atoms with Crippen molar-refractivity contribution in [1.82, 2.24) is 9.19 Å². The fourth-order valence-electron chi connectivity index (χ4n) is 0.385. The maximum atomic E-state index is 5.46. The van der Waals surface area contributed by atoms with Gasteiger partial charge in [-0.1, -0.05) is 0 Å². The molecule has 0 radical (unpaired) electrons. The Morgan fingerprint density at radius 3 is 2.67 bits per heavy atom. The molecular weight excluding hydrogens is 321 g/mol. The quantitative estimate of drug-likeness (QED) is 0.563. The van der Waals surface area contributed by atoms with Crippen molar-refractivity contribution in [1.29, 1.82) is 0 Å². The van der Waals surface area contributed by atoms with Crippen LogP contribution < -0.4 is 14.9 Å². The third-order valence-corrected chi connectivity index (χ3v) is 2.31. The Morgan fingerprint density at radius 2 is 2.11 bits per heavy atom. The summed E-state index contributed by atoms with van der Waals surface area (Å²) < 4.78 is 3.08. The molecule has 0 aliphatic carbocycles. The van der Waals surface area contributed by atoms with E-state index in [1.54, 1.807) is 0 Å². The van der Waals surface area contributed by atoms with E-state index in [2.05, 4.69) is 9.19 Å². The van der Waals surface area contributed by atoms with Gasteiger partial charge in [0.05, 0.1) is 0 Å². The molecule has 4 N–H and O–H groups in total. The normalized spacial score (nSPS) is 10.4. The van der Waals surface area contributed by atoms with Crippen molar-refractivity contribution in [2.45, 2.75) is 0 Å². The number of hydrogen-bond donors (Lipinski definition) is 3. The monoisotopic (exact) mass is 332 g/mol. The van der Waals surface area contributed by atoms with Gasteiger partial charge in [0.2, 0.25) is 0 Å². The zero-order chi connectivity index (χ0) is 6.95. The van der Waals surface area contributed by atoms with E-state index >= 15 is 0 Å². The summed E-state index contributed by atoms with van der Waals surface area (Å²) in [6.45, 7) is 3.51. The van der Waals surface area contributed by atoms with E-state index in [0.29, 0.717) is 6.54 Å². The Hall–Kier alpha value is 0.858. The summed E-state index contributed by atoms with van der Waals surface area (Å²) >= 11 is -0.272. The summed E-state index contributed by atoms with van der Waals surface area (Å²) in [5, 5.41) is 3.14. The molecule has 0 aliphatic rings. The van der Waals surface area contributed by atoms with Crippen molar-refractivity contribution in [3.63, 3.8) is 0 Å². The Labute approximate surface area is 68.5 Å². The molecule has 0 aromatic heterocycles. The molecule has 0 heterocycles. The zero-order valence-corrected chi connectivity index (χ0v) is 8.13. The summed E-state index contributed by atoms with van der Waals surface area (Å²) in [7, 11) is 5.46. The van der Waals surface area contributed by atoms with E-state index in [1.165, 1.54) is 0 Å². The summed E-state index contributed by atoms with van der Waals surface area (Å²) in [5.41, 5.74) is 5.24. The van der Waals surface area contributed by atoms with Crippen LogP contribution in [0.25, 0.3) is 0 Å². The van der Waals surface area contributed by atoms with Crippen LogP contribution in [0.3, 0.4) is 0 Å². The molecule has 0 bridgehead atoms. The van der Waals surface area contributed by atoms with Gasteiger partial charge in [-0.05, 0) is 0 Å². The summed E-state index contributed by atoms with van der Waals surface area (Å²) in [6, 6.07) is 0. The Kier molecular flexibility index (Phi) is 9.70. The predicted octanol–water partition coefficient (Wildman–Crippen LogP) is -0.724. The maximum absolute atomic E-state index is 5.46. The van der Waals surface area contributed by atoms with Gasteiger partial charge >= 0.3 is 68.3 Å². The third-order valence-electron chi connectivity index (χ3n) is 0.744. The van der Waals surface area contributed by atoms with Crippen LogP contribution in [0.1, 0.15) is 0 Å². The number of hydrogen-bond acceptors (Lipinski definition) is 3. The molecule has 0 saturated carbocycles. The second-order valence-corrected chi connectivity index (χ2v) is 3.67. The van der Waals surface area contributed by atoms with Crippen LogP contribution in [0.4, 0.5) is 0 Å². The fraction of sp³-hybridized carbons (Fsp3) is 1.00. The van der Waals surface area contributed by atoms with Crippen LogP contribution >= 0.6 is 9.42 Å². The van der Waals surface area contributed by atoms with E-state index < -0.39 is 0 Å². The molecule has 0 amide bonds. The molecule has 0 aromatic rings. The molecular formula is C4H12ClN3Pt. The molecule has 0 aromatic carbocycles. The number of nitrogens with two attached hydrogens (primary N) is 1. The molecule has 0 aliphatic heterocycles. The van der Waals surface area contributed by atoms with Gasteiger partial charge in [0, 0.05) is 0 Å². The standard InChI is InChI=1S/C4H12N3.ClH.Pt/c5-1-3-7-4-2-6;;/h5,7H,1-4,6H2;1H;/q-1;;+2/p-1. The summed E-state index contributed by atoms with van der Waals surface area (Å²) in [6.07, 6.45) is 0. The van der Waals surface area contributed by atoms with E-state index in [0.717, 1.165) is 19.6 Å². The first-order chi connectivity index (χ1) is 4.41. The number of rotatable bonds is 6. The van der Waals surface area contributed by atoms with E-state index in [4.69, 9.17) is 15.2 Å². The molecule has 60 valence electrons. The molecule has 0 spiro atoms. The molecule has 0 unspecified atom stereocenters. The minimum absolute atomic E-state index is 0.272. The topological polar surface area (TPSA) is 50.1 Å². The minimum atomic E-state index is -0.272. The SMILES string of the molecule is NCCNCC[NH][Pt][Cl]. The van der Waals surface area contributed by atoms with E-state index in [1.807, 2.05) is 0 Å². The van der Waals surface area contributed by atoms with Crippen LogP contribution in [0.5, 0.6) is 0 Å². The first kappa shape index (κ1) is 9.86. The molecule has 9 heavy (non-hydrogen) atoms. The second kappa shape index (κ2) is 8.86. The van der Waals surface area contributed by atoms with Crippen molar-refractivity contribution in [3.05, 3.63) is 0 Å². The van der Waals surface area contributed by atoms with Crippen molar-refractivity contribution >= 4 is 9.42 Å². The Balaban J connectivity index is 2.60. The van der Waals surface area contributed by atoms with Gasteiger partial charge < -0.3 is 0 Å². The fourth-order valence-corrected chi connectivity index (χ4v) is 1.37. The molecule has 0 rings (SSSR count). The zero-order valence-electron chi connectivity index (χ0n) is 5.10. The van der Waals surface area contributed by atoms with E-state index in [9.17, 15) is 0 Å². The predicted molar refractivity (Wildman–Crippen MR) is 35.8 cm³/mol. The first-order valence-corrected chi connectivity index (χ1v) is 6.70. The molecule has 0 fully saturated rings. The van der Waals surface area contributed by atoms with Crippen LogP contribution in [0, 0.1) is 0 Å². The first-order valence-electron chi connectivity index (χ1n) is 2.75. The van der Waals surface area contributed by atoms with Gasteiger partial charge in [-0.15, -0.1) is 0 Å². The van der Waals surface area contributed by atoms with Gasteiger partial charge in [-0.25, -0.2) is 0 Å². The van der Waals surface area contributed by atoms with Gasteiger partial charge in [0.25, 0.3) is 0 Å². The van der Waals surface area contributed by atoms with Gasteiger partial charge in [0.1, 0.15) is 0 Å². The van der Waals surface area contributed by atoms with Crippen molar-refractivity contribution in [2.75, 3.05) is 26.2 Å². The van der Waals surface area contributed by atoms with Gasteiger partial charge in [-0.3, -0.25) is 0 Å². The molecule has 5 heteroatoms. The van der Waals surface area contributed by atoms with Crippen LogP contribution in [0.15, 0.2) is 0 Å². The van der Waals surface area contributed by atoms with Crippen LogP contribution in [-0.4, -0.2) is 26.2 Å². The molecule has 0 atom stereocenters.